The first-order valence-corrected chi connectivity index (χ1v) is 1.64. The zero-order valence-corrected chi connectivity index (χ0v) is 3.31. The zero-order chi connectivity index (χ0) is 4.12. The summed E-state index contributed by atoms with van der Waals surface area (Å²) in [7, 11) is 0.163. The van der Waals surface area contributed by atoms with E-state index in [-0.39, 0.29) is 7.48 Å². The van der Waals surface area contributed by atoms with E-state index in [1.165, 1.54) is 0 Å². The molecular formula is C3H7BO. The molecule has 0 aromatic heterocycles. The highest BCUT2D eigenvalue weighted by atomic mass is 16.2. The van der Waals surface area contributed by atoms with Crippen LogP contribution in [0.5, 0.6) is 0 Å². The van der Waals surface area contributed by atoms with Gasteiger partial charge < -0.3 is 5.02 Å². The fourth-order valence-corrected chi connectivity index (χ4v) is 0.105. The molecule has 5 heavy (non-hydrogen) atoms. The molecule has 0 spiro atoms. The smallest absolute Gasteiger partial charge is 0.297 e. The fourth-order valence-electron chi connectivity index (χ4n) is 0.105. The van der Waals surface area contributed by atoms with E-state index >= 15 is 0 Å². The van der Waals surface area contributed by atoms with Gasteiger partial charge >= 0.3 is 0 Å². The molecule has 0 fully saturated rings. The topological polar surface area (TPSA) is 20.2 Å². The van der Waals surface area contributed by atoms with Crippen LogP contribution in [0.25, 0.3) is 0 Å². The van der Waals surface area contributed by atoms with E-state index < -0.39 is 0 Å². The van der Waals surface area contributed by atoms with Gasteiger partial charge in [-0.2, -0.15) is 0 Å². The molecule has 0 aliphatic carbocycles. The molecule has 28 valence electrons. The monoisotopic (exact) mass is 70.1 g/mol. The SMILES string of the molecule is C/C=C/BO. The molecule has 0 radical (unpaired) electrons. The van der Waals surface area contributed by atoms with Crippen molar-refractivity contribution in [3.63, 3.8) is 0 Å². The van der Waals surface area contributed by atoms with Crippen LogP contribution in [0.15, 0.2) is 12.1 Å². The molecule has 0 amide bonds. The summed E-state index contributed by atoms with van der Waals surface area (Å²) in [6.07, 6.45) is 1.81. The van der Waals surface area contributed by atoms with Crippen LogP contribution < -0.4 is 0 Å². The number of rotatable bonds is 1. The maximum atomic E-state index is 7.98. The van der Waals surface area contributed by atoms with Gasteiger partial charge in [-0.1, -0.05) is 12.1 Å². The van der Waals surface area contributed by atoms with E-state index in [4.69, 9.17) is 5.02 Å². The Morgan fingerprint density at radius 3 is 2.40 bits per heavy atom. The van der Waals surface area contributed by atoms with Crippen LogP contribution in [0.4, 0.5) is 0 Å². The standard InChI is InChI=1S/C3H7BO/c1-2-3-4-5/h2-5H,1H3/b3-2+. The summed E-state index contributed by atoms with van der Waals surface area (Å²) in [4.78, 5) is 0. The number of allylic oxidation sites excluding steroid dienone is 1. The van der Waals surface area contributed by atoms with Gasteiger partial charge in [0.25, 0.3) is 7.48 Å². The Hall–Kier alpha value is -0.235. The van der Waals surface area contributed by atoms with Crippen molar-refractivity contribution in [3.05, 3.63) is 12.1 Å². The van der Waals surface area contributed by atoms with Gasteiger partial charge in [0, 0.05) is 0 Å². The van der Waals surface area contributed by atoms with Crippen LogP contribution in [0.2, 0.25) is 0 Å². The van der Waals surface area contributed by atoms with Crippen molar-refractivity contribution in [3.8, 4) is 0 Å². The third-order valence-corrected chi connectivity index (χ3v) is 0.341. The molecule has 2 heteroatoms. The van der Waals surface area contributed by atoms with E-state index in [0.29, 0.717) is 0 Å². The lowest BCUT2D eigenvalue weighted by Gasteiger charge is -1.61. The average molecular weight is 69.9 g/mol. The van der Waals surface area contributed by atoms with Crippen molar-refractivity contribution in [1.29, 1.82) is 0 Å². The highest BCUT2D eigenvalue weighted by Crippen LogP contribution is 1.57. The van der Waals surface area contributed by atoms with Crippen molar-refractivity contribution >= 4 is 7.48 Å². The molecule has 0 saturated carbocycles. The average Bonchev–Trinajstić information content (AvgIpc) is 1.41. The Balaban J connectivity index is 2.62. The zero-order valence-electron chi connectivity index (χ0n) is 3.31. The normalized spacial score (nSPS) is 9.20. The minimum absolute atomic E-state index is 0.163. The second-order valence-electron chi connectivity index (χ2n) is 0.752. The van der Waals surface area contributed by atoms with Crippen LogP contribution in [0.1, 0.15) is 6.92 Å². The maximum Gasteiger partial charge on any atom is 0.297 e. The minimum Gasteiger partial charge on any atom is -0.450 e. The molecule has 0 bridgehead atoms. The summed E-state index contributed by atoms with van der Waals surface area (Å²) >= 11 is 0. The molecule has 0 unspecified atom stereocenters. The molecule has 0 aromatic rings. The van der Waals surface area contributed by atoms with Crippen molar-refractivity contribution in [2.75, 3.05) is 0 Å². The summed E-state index contributed by atoms with van der Waals surface area (Å²) in [5.74, 6) is 1.68. The lowest BCUT2D eigenvalue weighted by molar-refractivity contribution is 0.614. The molecule has 1 nitrogen and oxygen atoms in total. The third-order valence-electron chi connectivity index (χ3n) is 0.341. The summed E-state index contributed by atoms with van der Waals surface area (Å²) in [6.45, 7) is 1.87. The second-order valence-corrected chi connectivity index (χ2v) is 0.752. The van der Waals surface area contributed by atoms with Gasteiger partial charge in [0.2, 0.25) is 0 Å². The first-order valence-electron chi connectivity index (χ1n) is 1.64. The van der Waals surface area contributed by atoms with Crippen LogP contribution >= 0.6 is 0 Å². The molecular weight excluding hydrogens is 62.8 g/mol. The van der Waals surface area contributed by atoms with E-state index in [9.17, 15) is 0 Å². The van der Waals surface area contributed by atoms with Gasteiger partial charge in [-0.3, -0.25) is 0 Å². The summed E-state index contributed by atoms with van der Waals surface area (Å²) in [6, 6.07) is 0. The number of hydrogen-bond donors (Lipinski definition) is 1. The molecule has 0 aromatic carbocycles. The van der Waals surface area contributed by atoms with Gasteiger partial charge in [0.05, 0.1) is 0 Å². The third kappa shape index (κ3) is 3.76. The van der Waals surface area contributed by atoms with Crippen molar-refractivity contribution in [2.24, 2.45) is 0 Å². The van der Waals surface area contributed by atoms with Crippen LogP contribution in [-0.4, -0.2) is 12.5 Å². The van der Waals surface area contributed by atoms with Crippen LogP contribution in [0, 0.1) is 0 Å². The van der Waals surface area contributed by atoms with Crippen LogP contribution in [0.3, 0.4) is 0 Å². The molecule has 0 atom stereocenters. The molecule has 1 N–H and O–H groups in total. The summed E-state index contributed by atoms with van der Waals surface area (Å²) < 4.78 is 0. The first-order chi connectivity index (χ1) is 2.41. The van der Waals surface area contributed by atoms with E-state index in [2.05, 4.69) is 0 Å². The Kier molecular flexibility index (Phi) is 3.59. The number of hydrogen-bond acceptors (Lipinski definition) is 1. The summed E-state index contributed by atoms with van der Waals surface area (Å²) in [5.41, 5.74) is 0. The van der Waals surface area contributed by atoms with Gasteiger partial charge in [0.15, 0.2) is 0 Å². The van der Waals surface area contributed by atoms with E-state index in [1.54, 1.807) is 12.1 Å². The Morgan fingerprint density at radius 2 is 2.40 bits per heavy atom. The lowest BCUT2D eigenvalue weighted by Crippen LogP contribution is -1.73. The molecule has 0 saturated heterocycles. The predicted octanol–water partition coefficient (Wildman–Crippen LogP) is -0.136. The second kappa shape index (κ2) is 3.76. The largest absolute Gasteiger partial charge is 0.450 e. The van der Waals surface area contributed by atoms with E-state index in [0.717, 1.165) is 0 Å². The fraction of sp³-hybridized carbons (Fsp3) is 0.333. The first kappa shape index (κ1) is 4.76. The van der Waals surface area contributed by atoms with Gasteiger partial charge in [0.1, 0.15) is 0 Å². The highest BCUT2D eigenvalue weighted by molar-refractivity contribution is 6.32. The Bertz CT molecular complexity index is 33.9. The van der Waals surface area contributed by atoms with Gasteiger partial charge in [-0.25, -0.2) is 0 Å². The lowest BCUT2D eigenvalue weighted by atomic mass is 10.0. The highest BCUT2D eigenvalue weighted by Gasteiger charge is 1.60. The molecule has 0 aliphatic rings. The minimum atomic E-state index is 0.163. The van der Waals surface area contributed by atoms with Crippen molar-refractivity contribution in [2.45, 2.75) is 6.92 Å². The van der Waals surface area contributed by atoms with Crippen molar-refractivity contribution in [1.82, 2.24) is 0 Å². The van der Waals surface area contributed by atoms with Gasteiger partial charge in [-0.15, -0.1) is 0 Å². The Morgan fingerprint density at radius 1 is 1.80 bits per heavy atom. The summed E-state index contributed by atoms with van der Waals surface area (Å²) in [5, 5.41) is 7.98. The van der Waals surface area contributed by atoms with Gasteiger partial charge in [-0.05, 0) is 6.92 Å². The Labute approximate surface area is 32.6 Å². The predicted molar refractivity (Wildman–Crippen MR) is 24.2 cm³/mol. The molecule has 0 rings (SSSR count). The maximum absolute atomic E-state index is 7.98. The molecule has 0 heterocycles. The van der Waals surface area contributed by atoms with Crippen molar-refractivity contribution < 1.29 is 5.02 Å². The quantitative estimate of drug-likeness (QED) is 0.426. The molecule has 0 aliphatic heterocycles. The van der Waals surface area contributed by atoms with Crippen LogP contribution in [-0.2, 0) is 0 Å². The van der Waals surface area contributed by atoms with E-state index in [1.807, 2.05) is 6.92 Å².